The van der Waals surface area contributed by atoms with Crippen molar-refractivity contribution in [2.75, 3.05) is 6.26 Å². The van der Waals surface area contributed by atoms with E-state index >= 15 is 0 Å². The average Bonchev–Trinajstić information content (AvgIpc) is 3.56. The van der Waals surface area contributed by atoms with Gasteiger partial charge in [0.05, 0.1) is 10.6 Å². The molecule has 5 rings (SSSR count). The van der Waals surface area contributed by atoms with E-state index in [1.165, 1.54) is 28.8 Å². The van der Waals surface area contributed by atoms with Crippen LogP contribution in [-0.4, -0.2) is 42.0 Å². The number of hydrogen-bond acceptors (Lipinski definition) is 7. The summed E-state index contributed by atoms with van der Waals surface area (Å²) in [5, 5.41) is 2.98. The van der Waals surface area contributed by atoms with Crippen molar-refractivity contribution in [1.29, 1.82) is 0 Å². The van der Waals surface area contributed by atoms with Gasteiger partial charge in [0.2, 0.25) is 0 Å². The largest absolute Gasteiger partial charge is 0.457 e. The molecule has 0 saturated heterocycles. The lowest BCUT2D eigenvalue weighted by molar-refractivity contribution is 0.0928. The highest BCUT2D eigenvalue weighted by atomic mass is 32.2. The number of nitrogens with two attached hydrogens (primary N) is 1. The highest BCUT2D eigenvalue weighted by molar-refractivity contribution is 8.03. The highest BCUT2D eigenvalue weighted by Gasteiger charge is 2.39. The van der Waals surface area contributed by atoms with Crippen LogP contribution in [0.15, 0.2) is 76.3 Å². The number of sulfone groups is 1. The molecule has 2 aliphatic rings. The zero-order valence-corrected chi connectivity index (χ0v) is 24.7. The van der Waals surface area contributed by atoms with E-state index in [4.69, 9.17) is 10.5 Å². The van der Waals surface area contributed by atoms with Gasteiger partial charge in [-0.3, -0.25) is 14.7 Å². The minimum atomic E-state index is -3.35. The third kappa shape index (κ3) is 6.25. The van der Waals surface area contributed by atoms with Crippen molar-refractivity contribution in [3.05, 3.63) is 82.5 Å². The number of urea groups is 1. The maximum absolute atomic E-state index is 13.7. The van der Waals surface area contributed by atoms with E-state index in [9.17, 15) is 18.0 Å². The fourth-order valence-corrected chi connectivity index (χ4v) is 7.23. The van der Waals surface area contributed by atoms with Gasteiger partial charge in [0.1, 0.15) is 11.5 Å². The summed E-state index contributed by atoms with van der Waals surface area (Å²) in [4.78, 5) is 33.4. The van der Waals surface area contributed by atoms with Crippen molar-refractivity contribution in [1.82, 2.24) is 15.2 Å². The number of aryl methyl sites for hydroxylation is 1. The maximum Gasteiger partial charge on any atom is 0.321 e. The molecule has 0 spiro atoms. The normalized spacial score (nSPS) is 17.6. The number of aromatic nitrogens is 1. The molecule has 0 radical (unpaired) electrons. The molecule has 1 saturated carbocycles. The molecule has 3 aromatic rings. The van der Waals surface area contributed by atoms with Crippen LogP contribution in [0.4, 0.5) is 4.79 Å². The van der Waals surface area contributed by atoms with Crippen molar-refractivity contribution in [2.45, 2.75) is 49.9 Å². The number of primary amides is 1. The van der Waals surface area contributed by atoms with Crippen molar-refractivity contribution in [3.8, 4) is 22.8 Å². The highest BCUT2D eigenvalue weighted by Crippen LogP contribution is 2.45. The van der Waals surface area contributed by atoms with E-state index in [1.807, 2.05) is 26.0 Å². The van der Waals surface area contributed by atoms with E-state index in [2.05, 4.69) is 10.3 Å². The topological polar surface area (TPSA) is 132 Å². The minimum absolute atomic E-state index is 0.178. The molecule has 1 atom stereocenters. The minimum Gasteiger partial charge on any atom is -0.457 e. The zero-order valence-electron chi connectivity index (χ0n) is 23.1. The van der Waals surface area contributed by atoms with Crippen LogP contribution in [0.2, 0.25) is 0 Å². The van der Waals surface area contributed by atoms with Crippen LogP contribution < -0.4 is 15.8 Å². The third-order valence-corrected chi connectivity index (χ3v) is 9.56. The van der Waals surface area contributed by atoms with Gasteiger partial charge in [-0.05, 0) is 80.8 Å². The number of nitrogens with zero attached hydrogens (tertiary/aromatic N) is 2. The number of rotatable bonds is 7. The summed E-state index contributed by atoms with van der Waals surface area (Å²) in [6, 6.07) is 14.4. The Morgan fingerprint density at radius 3 is 2.39 bits per heavy atom. The molecule has 1 aliphatic carbocycles. The predicted octanol–water partition coefficient (Wildman–Crippen LogP) is 5.82. The Labute approximate surface area is 244 Å². The zero-order chi connectivity index (χ0) is 29.3. The Kier molecular flexibility index (Phi) is 8.10. The second-order valence-corrected chi connectivity index (χ2v) is 13.6. The van der Waals surface area contributed by atoms with Crippen LogP contribution in [0.3, 0.4) is 0 Å². The van der Waals surface area contributed by atoms with E-state index in [0.29, 0.717) is 28.3 Å². The van der Waals surface area contributed by atoms with Crippen molar-refractivity contribution in [3.63, 3.8) is 0 Å². The Hall–Kier alpha value is -3.83. The van der Waals surface area contributed by atoms with E-state index in [1.54, 1.807) is 36.5 Å². The summed E-state index contributed by atoms with van der Waals surface area (Å²) in [7, 11) is -3.35. The summed E-state index contributed by atoms with van der Waals surface area (Å²) in [5.74, 6) is 0.630. The predicted molar refractivity (Wildman–Crippen MR) is 159 cm³/mol. The van der Waals surface area contributed by atoms with Gasteiger partial charge >= 0.3 is 6.03 Å². The number of ether oxygens (including phenoxy) is 1. The Morgan fingerprint density at radius 1 is 1.05 bits per heavy atom. The lowest BCUT2D eigenvalue weighted by Crippen LogP contribution is -2.48. The molecule has 9 nitrogen and oxygen atoms in total. The van der Waals surface area contributed by atoms with Crippen LogP contribution in [0.1, 0.15) is 48.5 Å². The molecule has 0 bridgehead atoms. The van der Waals surface area contributed by atoms with E-state index in [0.717, 1.165) is 48.1 Å². The van der Waals surface area contributed by atoms with Gasteiger partial charge in [-0.1, -0.05) is 30.7 Å². The molecule has 214 valence electrons. The monoisotopic (exact) mass is 592 g/mol. The second-order valence-electron chi connectivity index (χ2n) is 10.3. The lowest BCUT2D eigenvalue weighted by Gasteiger charge is -2.28. The Balaban J connectivity index is 1.46. The van der Waals surface area contributed by atoms with Gasteiger partial charge < -0.3 is 15.8 Å². The molecule has 3 amide bonds. The molecule has 41 heavy (non-hydrogen) atoms. The molecular weight excluding hydrogens is 560 g/mol. The number of pyridine rings is 1. The van der Waals surface area contributed by atoms with Gasteiger partial charge in [0.15, 0.2) is 15.3 Å². The summed E-state index contributed by atoms with van der Waals surface area (Å²) in [6.07, 6.45) is 7.02. The first-order chi connectivity index (χ1) is 19.5. The molecule has 1 unspecified atom stereocenters. The van der Waals surface area contributed by atoms with Crippen molar-refractivity contribution in [2.24, 2.45) is 11.7 Å². The smallest absolute Gasteiger partial charge is 0.321 e. The first-order valence-electron chi connectivity index (χ1n) is 13.3. The molecule has 1 aromatic heterocycles. The van der Waals surface area contributed by atoms with Gasteiger partial charge in [-0.25, -0.2) is 13.2 Å². The molecule has 11 heteroatoms. The summed E-state index contributed by atoms with van der Waals surface area (Å²) in [6.45, 7) is 3.89. The molecule has 3 N–H and O–H groups in total. The summed E-state index contributed by atoms with van der Waals surface area (Å²) >= 11 is 1.41. The van der Waals surface area contributed by atoms with Crippen LogP contribution in [0, 0.1) is 12.8 Å². The van der Waals surface area contributed by atoms with Crippen molar-refractivity contribution < 1.29 is 22.7 Å². The number of thioether (sulfide) groups is 1. The van der Waals surface area contributed by atoms with Crippen LogP contribution >= 0.6 is 11.8 Å². The van der Waals surface area contributed by atoms with Crippen LogP contribution in [0.25, 0.3) is 11.3 Å². The molecule has 2 heterocycles. The SMILES string of the molecule is CC1=C(C2CCCC2)N(C(N)=O)C(NC(=O)c2cc(Oc3ccc(S(C)(=O)=O)cc3)cc(-c3ncccc3C)c2)S1. The molecule has 1 aliphatic heterocycles. The first-order valence-corrected chi connectivity index (χ1v) is 16.1. The summed E-state index contributed by atoms with van der Waals surface area (Å²) in [5.41, 5.74) is 8.64. The third-order valence-electron chi connectivity index (χ3n) is 7.32. The van der Waals surface area contributed by atoms with Gasteiger partial charge in [0.25, 0.3) is 5.91 Å². The number of amides is 3. The standard InChI is InChI=1S/C30H32N4O5S2/c1-18-7-6-14-32-26(18)21-15-22(17-24(16-21)39-23-10-12-25(13-11-23)41(3,37)38)28(35)33-30-34(29(31)36)27(19(2)40-30)20-8-4-5-9-20/h6-7,10-17,20,30H,4-5,8-9H2,1-3H3,(H2,31,36)(H,33,35). The number of carbonyl (C=O) groups is 2. The fourth-order valence-electron chi connectivity index (χ4n) is 5.39. The Bertz CT molecular complexity index is 1630. The van der Waals surface area contributed by atoms with Crippen molar-refractivity contribution >= 4 is 33.5 Å². The molecule has 1 fully saturated rings. The van der Waals surface area contributed by atoms with E-state index < -0.39 is 27.3 Å². The molecule has 2 aromatic carbocycles. The van der Waals surface area contributed by atoms with Crippen LogP contribution in [-0.2, 0) is 9.84 Å². The second kappa shape index (κ2) is 11.6. The number of nitrogens with one attached hydrogen (secondary N) is 1. The molecular formula is C30H32N4O5S2. The van der Waals surface area contributed by atoms with Crippen LogP contribution in [0.5, 0.6) is 11.5 Å². The first kappa shape index (κ1) is 28.7. The van der Waals surface area contributed by atoms with E-state index in [-0.39, 0.29) is 10.8 Å². The maximum atomic E-state index is 13.7. The number of benzene rings is 2. The fraction of sp³-hybridized carbons (Fsp3) is 0.300. The number of carbonyl (C=O) groups excluding carboxylic acids is 2. The number of hydrogen-bond donors (Lipinski definition) is 2. The van der Waals surface area contributed by atoms with Gasteiger partial charge in [-0.2, -0.15) is 0 Å². The average molecular weight is 593 g/mol. The lowest BCUT2D eigenvalue weighted by atomic mass is 10.0. The summed E-state index contributed by atoms with van der Waals surface area (Å²) < 4.78 is 29.8. The van der Waals surface area contributed by atoms with Gasteiger partial charge in [0, 0.05) is 40.1 Å². The van der Waals surface area contributed by atoms with Gasteiger partial charge in [-0.15, -0.1) is 0 Å². The number of allylic oxidation sites excluding steroid dienone is 2. The quantitative estimate of drug-likeness (QED) is 0.354. The Morgan fingerprint density at radius 2 is 1.76 bits per heavy atom.